The van der Waals surface area contributed by atoms with Gasteiger partial charge in [0.2, 0.25) is 0 Å². The van der Waals surface area contributed by atoms with Crippen LogP contribution in [0.25, 0.3) is 0 Å². The van der Waals surface area contributed by atoms with Gasteiger partial charge in [-0.1, -0.05) is 27.2 Å². The first-order valence-corrected chi connectivity index (χ1v) is 7.41. The highest BCUT2D eigenvalue weighted by atomic mass is 15.0. The van der Waals surface area contributed by atoms with Crippen molar-refractivity contribution in [2.75, 3.05) is 0 Å². The number of hydrogen-bond acceptors (Lipinski definition) is 1. The third-order valence-corrected chi connectivity index (χ3v) is 4.92. The molecule has 0 saturated heterocycles. The van der Waals surface area contributed by atoms with Gasteiger partial charge in [0.15, 0.2) is 0 Å². The Bertz CT molecular complexity index is 205. The molecule has 0 aliphatic heterocycles. The second-order valence-corrected chi connectivity index (χ2v) is 6.63. The molecule has 0 aromatic carbocycles. The summed E-state index contributed by atoms with van der Waals surface area (Å²) >= 11 is 0. The molecule has 0 aromatic heterocycles. The average Bonchev–Trinajstić information content (AvgIpc) is 2.27. The zero-order chi connectivity index (χ0) is 11.5. The molecule has 0 spiro atoms. The summed E-state index contributed by atoms with van der Waals surface area (Å²) in [5.41, 5.74) is 0. The van der Waals surface area contributed by atoms with E-state index < -0.39 is 0 Å². The Kier molecular flexibility index (Phi) is 4.29. The Morgan fingerprint density at radius 2 is 1.38 bits per heavy atom. The zero-order valence-electron chi connectivity index (χ0n) is 11.3. The largest absolute Gasteiger partial charge is 0.311 e. The molecule has 2 aliphatic rings. The summed E-state index contributed by atoms with van der Waals surface area (Å²) in [6, 6.07) is 1.64. The van der Waals surface area contributed by atoms with Crippen LogP contribution in [-0.2, 0) is 0 Å². The van der Waals surface area contributed by atoms with E-state index in [0.29, 0.717) is 0 Å². The summed E-state index contributed by atoms with van der Waals surface area (Å²) in [7, 11) is 0. The summed E-state index contributed by atoms with van der Waals surface area (Å²) in [5.74, 6) is 2.81. The summed E-state index contributed by atoms with van der Waals surface area (Å²) in [6.45, 7) is 7.26. The van der Waals surface area contributed by atoms with Crippen molar-refractivity contribution in [1.82, 2.24) is 5.32 Å². The van der Waals surface area contributed by atoms with E-state index in [0.717, 1.165) is 29.8 Å². The van der Waals surface area contributed by atoms with Crippen molar-refractivity contribution in [3.63, 3.8) is 0 Å². The second-order valence-electron chi connectivity index (χ2n) is 6.63. The number of hydrogen-bond donors (Lipinski definition) is 1. The predicted octanol–water partition coefficient (Wildman–Crippen LogP) is 3.98. The van der Waals surface area contributed by atoms with E-state index in [2.05, 4.69) is 26.1 Å². The molecule has 16 heavy (non-hydrogen) atoms. The van der Waals surface area contributed by atoms with Crippen LogP contribution >= 0.6 is 0 Å². The van der Waals surface area contributed by atoms with Crippen LogP contribution in [0.2, 0.25) is 0 Å². The highest BCUT2D eigenvalue weighted by molar-refractivity contribution is 4.85. The van der Waals surface area contributed by atoms with Crippen LogP contribution in [0.3, 0.4) is 0 Å². The van der Waals surface area contributed by atoms with Crippen molar-refractivity contribution in [1.29, 1.82) is 0 Å². The summed E-state index contributed by atoms with van der Waals surface area (Å²) < 4.78 is 0. The van der Waals surface area contributed by atoms with Gasteiger partial charge in [-0.05, 0) is 56.3 Å². The zero-order valence-corrected chi connectivity index (χ0v) is 11.3. The van der Waals surface area contributed by atoms with Gasteiger partial charge in [0.25, 0.3) is 0 Å². The maximum absolute atomic E-state index is 3.96. The molecule has 94 valence electrons. The van der Waals surface area contributed by atoms with Crippen molar-refractivity contribution >= 4 is 0 Å². The molecule has 0 bridgehead atoms. The minimum atomic E-state index is 0.808. The standard InChI is InChI=1S/C15H29N/c1-11-5-8-14(9-6-11)16-15-10-12(2)4-7-13(15)3/h11-16H,4-10H2,1-3H3. The predicted molar refractivity (Wildman–Crippen MR) is 70.5 cm³/mol. The molecule has 2 rings (SSSR count). The Balaban J connectivity index is 1.79. The molecule has 3 atom stereocenters. The Hall–Kier alpha value is -0.0400. The van der Waals surface area contributed by atoms with Crippen molar-refractivity contribution in [3.05, 3.63) is 0 Å². The highest BCUT2D eigenvalue weighted by Gasteiger charge is 2.28. The number of rotatable bonds is 2. The third kappa shape index (κ3) is 3.23. The Morgan fingerprint density at radius 3 is 2.06 bits per heavy atom. The molecule has 2 saturated carbocycles. The van der Waals surface area contributed by atoms with Crippen LogP contribution in [-0.4, -0.2) is 12.1 Å². The van der Waals surface area contributed by atoms with E-state index in [1.165, 1.54) is 44.9 Å². The van der Waals surface area contributed by atoms with E-state index in [1.807, 2.05) is 0 Å². The number of nitrogens with one attached hydrogen (secondary N) is 1. The lowest BCUT2D eigenvalue weighted by atomic mass is 9.78. The third-order valence-electron chi connectivity index (χ3n) is 4.92. The fourth-order valence-corrected chi connectivity index (χ4v) is 3.49. The van der Waals surface area contributed by atoms with Gasteiger partial charge in [0.05, 0.1) is 0 Å². The second kappa shape index (κ2) is 5.53. The molecule has 0 aromatic rings. The van der Waals surface area contributed by atoms with Crippen LogP contribution in [0.1, 0.15) is 65.7 Å². The van der Waals surface area contributed by atoms with Gasteiger partial charge in [-0.3, -0.25) is 0 Å². The van der Waals surface area contributed by atoms with Crippen molar-refractivity contribution < 1.29 is 0 Å². The van der Waals surface area contributed by atoms with E-state index in [-0.39, 0.29) is 0 Å². The topological polar surface area (TPSA) is 12.0 Å². The molecular weight excluding hydrogens is 194 g/mol. The molecule has 0 heterocycles. The quantitative estimate of drug-likeness (QED) is 0.746. The fourth-order valence-electron chi connectivity index (χ4n) is 3.49. The van der Waals surface area contributed by atoms with Gasteiger partial charge in [0.1, 0.15) is 0 Å². The fraction of sp³-hybridized carbons (Fsp3) is 1.00. The molecule has 2 aliphatic carbocycles. The monoisotopic (exact) mass is 223 g/mol. The lowest BCUT2D eigenvalue weighted by Gasteiger charge is -2.38. The van der Waals surface area contributed by atoms with E-state index in [1.54, 1.807) is 0 Å². The molecule has 1 nitrogen and oxygen atoms in total. The maximum Gasteiger partial charge on any atom is 0.00978 e. The van der Waals surface area contributed by atoms with Gasteiger partial charge in [-0.15, -0.1) is 0 Å². The lowest BCUT2D eigenvalue weighted by molar-refractivity contribution is 0.190. The Morgan fingerprint density at radius 1 is 0.750 bits per heavy atom. The van der Waals surface area contributed by atoms with E-state index in [4.69, 9.17) is 0 Å². The van der Waals surface area contributed by atoms with Crippen molar-refractivity contribution in [2.45, 2.75) is 77.8 Å². The van der Waals surface area contributed by atoms with Gasteiger partial charge >= 0.3 is 0 Å². The maximum atomic E-state index is 3.96. The highest BCUT2D eigenvalue weighted by Crippen LogP contribution is 2.30. The van der Waals surface area contributed by atoms with Crippen LogP contribution in [0, 0.1) is 17.8 Å². The first-order valence-electron chi connectivity index (χ1n) is 7.41. The minimum Gasteiger partial charge on any atom is -0.311 e. The van der Waals surface area contributed by atoms with Gasteiger partial charge in [0, 0.05) is 12.1 Å². The van der Waals surface area contributed by atoms with E-state index >= 15 is 0 Å². The smallest absolute Gasteiger partial charge is 0.00978 e. The van der Waals surface area contributed by atoms with E-state index in [9.17, 15) is 0 Å². The van der Waals surface area contributed by atoms with Gasteiger partial charge in [-0.2, -0.15) is 0 Å². The minimum absolute atomic E-state index is 0.808. The summed E-state index contributed by atoms with van der Waals surface area (Å²) in [6.07, 6.45) is 10.00. The molecule has 0 amide bonds. The molecule has 3 unspecified atom stereocenters. The van der Waals surface area contributed by atoms with Gasteiger partial charge < -0.3 is 5.32 Å². The van der Waals surface area contributed by atoms with Crippen LogP contribution in [0.15, 0.2) is 0 Å². The SMILES string of the molecule is CC1CCC(NC2CC(C)CCC2C)CC1. The van der Waals surface area contributed by atoms with Crippen molar-refractivity contribution in [2.24, 2.45) is 17.8 Å². The Labute approximate surface area is 101 Å². The van der Waals surface area contributed by atoms with Gasteiger partial charge in [-0.25, -0.2) is 0 Å². The lowest BCUT2D eigenvalue weighted by Crippen LogP contribution is -2.46. The molecule has 2 fully saturated rings. The van der Waals surface area contributed by atoms with Crippen molar-refractivity contribution in [3.8, 4) is 0 Å². The molecule has 1 N–H and O–H groups in total. The van der Waals surface area contributed by atoms with Crippen LogP contribution < -0.4 is 5.32 Å². The summed E-state index contributed by atoms with van der Waals surface area (Å²) in [4.78, 5) is 0. The van der Waals surface area contributed by atoms with Crippen LogP contribution in [0.5, 0.6) is 0 Å². The first kappa shape index (κ1) is 12.4. The normalized spacial score (nSPS) is 45.6. The molecule has 0 radical (unpaired) electrons. The van der Waals surface area contributed by atoms with Crippen LogP contribution in [0.4, 0.5) is 0 Å². The average molecular weight is 223 g/mol. The first-order chi connectivity index (χ1) is 7.65. The molecule has 1 heteroatoms. The summed E-state index contributed by atoms with van der Waals surface area (Å²) in [5, 5.41) is 3.96. The molecular formula is C15H29N.